The number of anilines is 2. The zero-order valence-corrected chi connectivity index (χ0v) is 22.9. The van der Waals surface area contributed by atoms with E-state index >= 15 is 0 Å². The van der Waals surface area contributed by atoms with Gasteiger partial charge in [-0.1, -0.05) is 62.2 Å². The zero-order valence-electron chi connectivity index (χ0n) is 22.2. The zero-order chi connectivity index (χ0) is 27.5. The van der Waals surface area contributed by atoms with E-state index in [1.165, 1.54) is 11.1 Å². The second kappa shape index (κ2) is 14.0. The van der Waals surface area contributed by atoms with E-state index in [2.05, 4.69) is 67.4 Å². The summed E-state index contributed by atoms with van der Waals surface area (Å²) in [6.07, 6.45) is 3.62. The molecular weight excluding hydrogens is 474 g/mol. The van der Waals surface area contributed by atoms with E-state index in [-0.39, 0.29) is 5.41 Å². The molecule has 0 saturated heterocycles. The van der Waals surface area contributed by atoms with E-state index in [9.17, 15) is 0 Å². The maximum absolute atomic E-state index is 8.00. The van der Waals surface area contributed by atoms with Crippen LogP contribution in [-0.2, 0) is 15.0 Å². The molecule has 1 N–H and O–H groups in total. The van der Waals surface area contributed by atoms with Crippen LogP contribution >= 0.6 is 11.6 Å². The summed E-state index contributed by atoms with van der Waals surface area (Å²) in [7, 11) is 5.82. The van der Waals surface area contributed by atoms with Gasteiger partial charge in [0.2, 0.25) is 0 Å². The van der Waals surface area contributed by atoms with Crippen molar-refractivity contribution in [2.45, 2.75) is 33.1 Å². The van der Waals surface area contributed by atoms with Gasteiger partial charge in [-0.15, -0.1) is 0 Å². The van der Waals surface area contributed by atoms with Crippen LogP contribution in [0.2, 0.25) is 5.02 Å². The summed E-state index contributed by atoms with van der Waals surface area (Å²) in [4.78, 5) is 22.4. The fourth-order valence-electron chi connectivity index (χ4n) is 3.43. The van der Waals surface area contributed by atoms with E-state index in [4.69, 9.17) is 21.2 Å². The number of pyridine rings is 1. The first kappa shape index (κ1) is 30.3. The molecule has 4 rings (SSSR count). The molecule has 4 aromatic rings. The molecule has 0 aliphatic rings. The van der Waals surface area contributed by atoms with E-state index in [0.717, 1.165) is 28.1 Å². The Labute approximate surface area is 219 Å². The molecule has 192 valence electrons. The van der Waals surface area contributed by atoms with Gasteiger partial charge in [0.05, 0.1) is 28.5 Å². The number of hydrogen-bond acceptors (Lipinski definition) is 6. The molecule has 0 spiro atoms. The number of hydrogen-bond donors (Lipinski definition) is 1. The van der Waals surface area contributed by atoms with E-state index in [1.807, 2.05) is 74.8 Å². The van der Waals surface area contributed by atoms with Crippen molar-refractivity contribution in [1.82, 2.24) is 14.8 Å². The Hall–Kier alpha value is -3.71. The molecule has 0 fully saturated rings. The molecule has 0 amide bonds. The molecule has 0 atom stereocenters. The van der Waals surface area contributed by atoms with Crippen molar-refractivity contribution in [2.75, 3.05) is 31.4 Å². The number of halogens is 1. The van der Waals surface area contributed by atoms with Gasteiger partial charge in [0.25, 0.3) is 0 Å². The molecule has 0 aliphatic carbocycles. The third-order valence-corrected chi connectivity index (χ3v) is 5.51. The normalized spacial score (nSPS) is 10.1. The van der Waals surface area contributed by atoms with E-state index in [1.54, 1.807) is 6.20 Å². The Morgan fingerprint density at radius 2 is 1.58 bits per heavy atom. The summed E-state index contributed by atoms with van der Waals surface area (Å²) in [6.45, 7) is 12.8. The maximum Gasteiger partial charge on any atom is 0.139 e. The predicted octanol–water partition coefficient (Wildman–Crippen LogP) is 6.10. The Bertz CT molecular complexity index is 1230. The van der Waals surface area contributed by atoms with Gasteiger partial charge in [0, 0.05) is 32.4 Å². The fourth-order valence-corrected chi connectivity index (χ4v) is 3.60. The number of fused-ring (bicyclic) bond motifs is 1. The average molecular weight is 510 g/mol. The second-order valence-electron chi connectivity index (χ2n) is 9.05. The molecule has 0 aliphatic heterocycles. The van der Waals surface area contributed by atoms with Gasteiger partial charge >= 0.3 is 0 Å². The highest BCUT2D eigenvalue weighted by Crippen LogP contribution is 2.29. The smallest absolute Gasteiger partial charge is 0.139 e. The van der Waals surface area contributed by atoms with Gasteiger partial charge in [-0.05, 0) is 42.2 Å². The Kier molecular flexibility index (Phi) is 11.8. The lowest BCUT2D eigenvalue weighted by molar-refractivity contribution is -0.0987. The van der Waals surface area contributed by atoms with Gasteiger partial charge in [0.15, 0.2) is 0 Å². The van der Waals surface area contributed by atoms with Crippen LogP contribution in [0.15, 0.2) is 60.9 Å². The predicted molar refractivity (Wildman–Crippen MR) is 152 cm³/mol. The molecule has 0 unspecified atom stereocenters. The molecule has 2 aromatic heterocycles. The van der Waals surface area contributed by atoms with Crippen LogP contribution in [0.3, 0.4) is 0 Å². The number of aromatic nitrogens is 3. The summed E-state index contributed by atoms with van der Waals surface area (Å²) >= 11 is 6.13. The van der Waals surface area contributed by atoms with Gasteiger partial charge in [-0.3, -0.25) is 0 Å². The number of benzene rings is 2. The van der Waals surface area contributed by atoms with Gasteiger partial charge < -0.3 is 19.8 Å². The second-order valence-corrected chi connectivity index (χ2v) is 9.48. The van der Waals surface area contributed by atoms with Crippen molar-refractivity contribution in [3.8, 4) is 5.69 Å². The van der Waals surface area contributed by atoms with Crippen LogP contribution in [0.4, 0.5) is 11.5 Å². The quantitative estimate of drug-likeness (QED) is 0.359. The minimum Gasteiger partial charge on any atom is -0.386 e. The van der Waals surface area contributed by atoms with Crippen molar-refractivity contribution >= 4 is 47.6 Å². The number of carbonyl (C=O) groups excluding carboxylic acids is 2. The molecule has 0 radical (unpaired) electrons. The van der Waals surface area contributed by atoms with Crippen LogP contribution in [0, 0.1) is 6.92 Å². The van der Waals surface area contributed by atoms with E-state index < -0.39 is 0 Å². The largest absolute Gasteiger partial charge is 0.386 e. The highest BCUT2D eigenvalue weighted by atomic mass is 35.5. The van der Waals surface area contributed by atoms with Crippen LogP contribution < -0.4 is 10.2 Å². The first-order valence-electron chi connectivity index (χ1n) is 11.2. The maximum atomic E-state index is 8.00. The summed E-state index contributed by atoms with van der Waals surface area (Å²) in [5.41, 5.74) is 5.89. The third kappa shape index (κ3) is 7.65. The van der Waals surface area contributed by atoms with Crippen LogP contribution in [0.5, 0.6) is 0 Å². The van der Waals surface area contributed by atoms with Crippen molar-refractivity contribution in [3.63, 3.8) is 0 Å². The lowest BCUT2D eigenvalue weighted by Crippen LogP contribution is -2.10. The van der Waals surface area contributed by atoms with Crippen molar-refractivity contribution in [2.24, 2.45) is 0 Å². The van der Waals surface area contributed by atoms with Gasteiger partial charge in [0.1, 0.15) is 19.4 Å². The summed E-state index contributed by atoms with van der Waals surface area (Å²) in [5, 5.41) is 9.36. The molecule has 8 heteroatoms. The summed E-state index contributed by atoms with van der Waals surface area (Å²) < 4.78 is 1.88. The van der Waals surface area contributed by atoms with Gasteiger partial charge in [-0.2, -0.15) is 5.10 Å². The number of nitrogens with zero attached hydrogens (tertiary/aromatic N) is 4. The minimum atomic E-state index is 0.285. The number of carbonyl (C=O) groups is 2. The monoisotopic (exact) mass is 509 g/mol. The van der Waals surface area contributed by atoms with Gasteiger partial charge in [-0.25, -0.2) is 9.67 Å². The minimum absolute atomic E-state index is 0.285. The number of rotatable bonds is 3. The third-order valence-electron chi connectivity index (χ3n) is 5.28. The molecule has 0 saturated carbocycles. The Balaban J connectivity index is 0.000000366. The molecule has 0 bridgehead atoms. The van der Waals surface area contributed by atoms with Crippen molar-refractivity contribution < 1.29 is 9.59 Å². The lowest BCUT2D eigenvalue weighted by Gasteiger charge is -2.18. The Morgan fingerprint density at radius 3 is 2.11 bits per heavy atom. The molecular formula is C28H36ClN5O2. The van der Waals surface area contributed by atoms with Crippen molar-refractivity contribution in [3.05, 3.63) is 77.1 Å². The lowest BCUT2D eigenvalue weighted by atomic mass is 9.87. The van der Waals surface area contributed by atoms with Crippen LogP contribution in [0.1, 0.15) is 31.9 Å². The first-order chi connectivity index (χ1) is 17.1. The first-order valence-corrected chi connectivity index (χ1v) is 11.6. The summed E-state index contributed by atoms with van der Waals surface area (Å²) in [5.74, 6) is 0.895. The fraction of sp³-hybridized carbons (Fsp3) is 0.286. The summed E-state index contributed by atoms with van der Waals surface area (Å²) in [6, 6.07) is 16.4. The van der Waals surface area contributed by atoms with Crippen molar-refractivity contribution in [1.29, 1.82) is 0 Å². The molecule has 36 heavy (non-hydrogen) atoms. The van der Waals surface area contributed by atoms with E-state index in [0.29, 0.717) is 5.02 Å². The highest BCUT2D eigenvalue weighted by molar-refractivity contribution is 6.30. The van der Waals surface area contributed by atoms with Crippen LogP contribution in [-0.4, -0.2) is 49.5 Å². The van der Waals surface area contributed by atoms with Crippen LogP contribution in [0.25, 0.3) is 16.6 Å². The number of nitrogens with one attached hydrogen (secondary N) is 1. The highest BCUT2D eigenvalue weighted by Gasteiger charge is 2.14. The Morgan fingerprint density at radius 1 is 0.972 bits per heavy atom. The standard InChI is InChI=1S/C15H16ClN5.C11H16.2CH2O/c1-17-12-5-4-10(16)8-14(12)21-13-6-7-18-15(20(2)3)11(13)9-19-21;1-9-5-7-10(8-6-9)11(2,3)4;2*1-2/h4-9,17H,1-3H3;5-8H,1-4H3;2*1H2. The molecule has 2 aromatic carbocycles. The molecule has 7 nitrogen and oxygen atoms in total. The average Bonchev–Trinajstić information content (AvgIpc) is 3.30. The molecule has 2 heterocycles. The topological polar surface area (TPSA) is 80.1 Å². The number of aryl methyl sites for hydroxylation is 1. The SMILES string of the molecule is C=O.C=O.CNc1ccc(Cl)cc1-n1ncc2c(N(C)C)nccc21.Cc1ccc(C(C)(C)C)cc1.